The van der Waals surface area contributed by atoms with E-state index in [-0.39, 0.29) is 11.9 Å². The second-order valence-electron chi connectivity index (χ2n) is 6.62. The summed E-state index contributed by atoms with van der Waals surface area (Å²) in [5.74, 6) is 1.56. The highest BCUT2D eigenvalue weighted by molar-refractivity contribution is 5.83. The molecule has 0 bridgehead atoms. The summed E-state index contributed by atoms with van der Waals surface area (Å²) < 4.78 is 0. The van der Waals surface area contributed by atoms with E-state index in [4.69, 9.17) is 0 Å². The average molecular weight is 270 g/mol. The molecule has 1 saturated heterocycles. The molecule has 0 aromatic heterocycles. The Morgan fingerprint density at radius 1 is 1.15 bits per heavy atom. The van der Waals surface area contributed by atoms with Crippen molar-refractivity contribution in [3.63, 3.8) is 0 Å². The lowest BCUT2D eigenvalue weighted by Crippen LogP contribution is -2.48. The molecule has 0 spiro atoms. The molecule has 20 heavy (non-hydrogen) atoms. The molecule has 2 fully saturated rings. The third-order valence-corrected chi connectivity index (χ3v) is 5.43. The predicted molar refractivity (Wildman–Crippen MR) is 78.4 cm³/mol. The summed E-state index contributed by atoms with van der Waals surface area (Å²) in [6.07, 6.45) is 5.80. The van der Waals surface area contributed by atoms with Gasteiger partial charge in [0.25, 0.3) is 0 Å². The van der Waals surface area contributed by atoms with Gasteiger partial charge in [-0.25, -0.2) is 0 Å². The van der Waals surface area contributed by atoms with E-state index in [0.717, 1.165) is 25.3 Å². The molecular weight excluding hydrogens is 248 g/mol. The van der Waals surface area contributed by atoms with E-state index in [0.29, 0.717) is 12.0 Å². The van der Waals surface area contributed by atoms with Crippen LogP contribution in [0, 0.1) is 11.8 Å². The second kappa shape index (κ2) is 4.88. The van der Waals surface area contributed by atoms with E-state index in [2.05, 4.69) is 34.9 Å². The Bertz CT molecular complexity index is 502. The maximum Gasteiger partial charge on any atom is 0.237 e. The maximum absolute atomic E-state index is 12.5. The van der Waals surface area contributed by atoms with Crippen LogP contribution in [0.2, 0.25) is 0 Å². The molecule has 106 valence electrons. The molecule has 1 aliphatic heterocycles. The van der Waals surface area contributed by atoms with Crippen LogP contribution in [0.25, 0.3) is 0 Å². The molecule has 3 aliphatic rings. The highest BCUT2D eigenvalue weighted by atomic mass is 16.2. The maximum atomic E-state index is 12.5. The van der Waals surface area contributed by atoms with Gasteiger partial charge in [-0.3, -0.25) is 4.79 Å². The van der Waals surface area contributed by atoms with Crippen molar-refractivity contribution in [3.8, 4) is 0 Å². The molecule has 2 aliphatic carbocycles. The lowest BCUT2D eigenvalue weighted by molar-refractivity contribution is -0.124. The van der Waals surface area contributed by atoms with Gasteiger partial charge in [-0.15, -0.1) is 0 Å². The number of benzene rings is 1. The average Bonchev–Trinajstić information content (AvgIpc) is 3.12. The molecule has 1 amide bonds. The van der Waals surface area contributed by atoms with E-state index in [1.807, 2.05) is 0 Å². The Labute approximate surface area is 120 Å². The Kier molecular flexibility index (Phi) is 3.03. The summed E-state index contributed by atoms with van der Waals surface area (Å²) in [5, 5.41) is 6.72. The molecule has 3 atom stereocenters. The van der Waals surface area contributed by atoms with Crippen molar-refractivity contribution >= 4 is 5.91 Å². The molecule has 2 N–H and O–H groups in total. The van der Waals surface area contributed by atoms with Crippen molar-refractivity contribution in [2.24, 2.45) is 11.8 Å². The van der Waals surface area contributed by atoms with Crippen LogP contribution in [0.4, 0.5) is 0 Å². The first-order valence-corrected chi connectivity index (χ1v) is 7.92. The minimum atomic E-state index is 0.0613. The molecule has 3 unspecified atom stereocenters. The van der Waals surface area contributed by atoms with Crippen LogP contribution in [0.3, 0.4) is 0 Å². The first-order chi connectivity index (χ1) is 9.81. The molecule has 1 aromatic carbocycles. The van der Waals surface area contributed by atoms with Crippen molar-refractivity contribution < 1.29 is 4.79 Å². The minimum absolute atomic E-state index is 0.0613. The van der Waals surface area contributed by atoms with Gasteiger partial charge in [0.2, 0.25) is 5.91 Å². The Hall–Kier alpha value is -1.35. The molecule has 4 rings (SSSR count). The van der Waals surface area contributed by atoms with E-state index < -0.39 is 0 Å². The Morgan fingerprint density at radius 3 is 2.65 bits per heavy atom. The fourth-order valence-corrected chi connectivity index (χ4v) is 4.43. The standard InChI is InChI=1S/C17H22N2O/c20-17(16-15-7-3-6-13(15)10-18-16)19-14-8-11-4-1-2-5-12(11)9-14/h1-2,4-5,13-16,18H,3,6-10H2,(H,19,20). The van der Waals surface area contributed by atoms with Gasteiger partial charge < -0.3 is 10.6 Å². The van der Waals surface area contributed by atoms with Crippen LogP contribution in [-0.4, -0.2) is 24.5 Å². The third kappa shape index (κ3) is 2.05. The van der Waals surface area contributed by atoms with Crippen LogP contribution in [0.1, 0.15) is 30.4 Å². The summed E-state index contributed by atoms with van der Waals surface area (Å²) >= 11 is 0. The number of carbonyl (C=O) groups excluding carboxylic acids is 1. The molecule has 0 radical (unpaired) electrons. The zero-order chi connectivity index (χ0) is 13.5. The van der Waals surface area contributed by atoms with Crippen LogP contribution in [0.15, 0.2) is 24.3 Å². The lowest BCUT2D eigenvalue weighted by Gasteiger charge is -2.20. The van der Waals surface area contributed by atoms with E-state index in [9.17, 15) is 4.79 Å². The zero-order valence-electron chi connectivity index (χ0n) is 11.8. The Balaban J connectivity index is 1.40. The fourth-order valence-electron chi connectivity index (χ4n) is 4.43. The molecule has 1 saturated carbocycles. The highest BCUT2D eigenvalue weighted by Crippen LogP contribution is 2.37. The summed E-state index contributed by atoms with van der Waals surface area (Å²) in [6, 6.07) is 8.90. The van der Waals surface area contributed by atoms with Gasteiger partial charge in [-0.1, -0.05) is 30.7 Å². The van der Waals surface area contributed by atoms with Crippen LogP contribution in [0.5, 0.6) is 0 Å². The number of hydrogen-bond acceptors (Lipinski definition) is 2. The second-order valence-corrected chi connectivity index (χ2v) is 6.62. The lowest BCUT2D eigenvalue weighted by atomic mass is 9.93. The van der Waals surface area contributed by atoms with Crippen molar-refractivity contribution in [1.82, 2.24) is 10.6 Å². The monoisotopic (exact) mass is 270 g/mol. The van der Waals surface area contributed by atoms with Gasteiger partial charge in [0.1, 0.15) is 0 Å². The summed E-state index contributed by atoms with van der Waals surface area (Å²) in [7, 11) is 0. The quantitative estimate of drug-likeness (QED) is 0.858. The largest absolute Gasteiger partial charge is 0.351 e. The number of amides is 1. The van der Waals surface area contributed by atoms with Crippen molar-refractivity contribution in [3.05, 3.63) is 35.4 Å². The van der Waals surface area contributed by atoms with E-state index >= 15 is 0 Å². The fraction of sp³-hybridized carbons (Fsp3) is 0.588. The van der Waals surface area contributed by atoms with E-state index in [1.165, 1.54) is 30.4 Å². The number of carbonyl (C=O) groups is 1. The van der Waals surface area contributed by atoms with Crippen LogP contribution >= 0.6 is 0 Å². The summed E-state index contributed by atoms with van der Waals surface area (Å²) in [4.78, 5) is 12.5. The van der Waals surface area contributed by atoms with Gasteiger partial charge in [0, 0.05) is 6.04 Å². The van der Waals surface area contributed by atoms with Crippen molar-refractivity contribution in [1.29, 1.82) is 0 Å². The number of fused-ring (bicyclic) bond motifs is 2. The predicted octanol–water partition coefficient (Wildman–Crippen LogP) is 1.66. The molecule has 3 nitrogen and oxygen atoms in total. The van der Waals surface area contributed by atoms with Gasteiger partial charge in [-0.05, 0) is 55.2 Å². The smallest absolute Gasteiger partial charge is 0.237 e. The molecule has 1 heterocycles. The Morgan fingerprint density at radius 2 is 1.90 bits per heavy atom. The van der Waals surface area contributed by atoms with Gasteiger partial charge in [0.05, 0.1) is 6.04 Å². The first-order valence-electron chi connectivity index (χ1n) is 7.92. The van der Waals surface area contributed by atoms with Gasteiger partial charge in [-0.2, -0.15) is 0 Å². The molecule has 1 aromatic rings. The zero-order valence-corrected chi connectivity index (χ0v) is 11.8. The SMILES string of the molecule is O=C(NC1Cc2ccccc2C1)C1NCC2CCCC21. The molecular formula is C17H22N2O. The topological polar surface area (TPSA) is 41.1 Å². The number of rotatable bonds is 2. The van der Waals surface area contributed by atoms with E-state index in [1.54, 1.807) is 0 Å². The third-order valence-electron chi connectivity index (χ3n) is 5.43. The van der Waals surface area contributed by atoms with Crippen LogP contribution < -0.4 is 10.6 Å². The first kappa shape index (κ1) is 12.4. The van der Waals surface area contributed by atoms with Crippen molar-refractivity contribution in [2.75, 3.05) is 6.54 Å². The van der Waals surface area contributed by atoms with Gasteiger partial charge in [0.15, 0.2) is 0 Å². The molecule has 3 heteroatoms. The normalized spacial score (nSPS) is 32.1. The van der Waals surface area contributed by atoms with Crippen molar-refractivity contribution in [2.45, 2.75) is 44.2 Å². The minimum Gasteiger partial charge on any atom is -0.351 e. The summed E-state index contributed by atoms with van der Waals surface area (Å²) in [5.41, 5.74) is 2.80. The number of hydrogen-bond donors (Lipinski definition) is 2. The highest BCUT2D eigenvalue weighted by Gasteiger charge is 2.42. The number of nitrogens with one attached hydrogen (secondary N) is 2. The van der Waals surface area contributed by atoms with Gasteiger partial charge >= 0.3 is 0 Å². The summed E-state index contributed by atoms with van der Waals surface area (Å²) in [6.45, 7) is 1.04. The van der Waals surface area contributed by atoms with Crippen LogP contribution in [-0.2, 0) is 17.6 Å².